The molecule has 1 fully saturated rings. The third kappa shape index (κ3) is 2.92. The third-order valence-electron chi connectivity index (χ3n) is 5.06. The monoisotopic (exact) mass is 373 g/mol. The number of hydrogen-bond acceptors (Lipinski definition) is 6. The van der Waals surface area contributed by atoms with Crippen LogP contribution in [0.15, 0.2) is 53.8 Å². The molecule has 1 saturated heterocycles. The lowest BCUT2D eigenvalue weighted by Gasteiger charge is -2.40. The van der Waals surface area contributed by atoms with Crippen molar-refractivity contribution < 1.29 is 0 Å². The van der Waals surface area contributed by atoms with Crippen molar-refractivity contribution in [3.05, 3.63) is 65.1 Å². The van der Waals surface area contributed by atoms with E-state index in [1.54, 1.807) is 35.5 Å². The first-order valence-corrected chi connectivity index (χ1v) is 9.21. The highest BCUT2D eigenvalue weighted by Crippen LogP contribution is 2.29. The number of nitrogens with zero attached hydrogens (tertiary/aromatic N) is 6. The SMILES string of the molecule is Cc1cc2ncnc(N3CC(Cn4nc(-c5ccncc5)ccc4=O)C3)c2[nH]1. The second-order valence-electron chi connectivity index (χ2n) is 7.16. The highest BCUT2D eigenvalue weighted by atomic mass is 16.1. The number of nitrogens with one attached hydrogen (secondary N) is 1. The molecule has 1 aliphatic rings. The number of anilines is 1. The molecule has 0 unspecified atom stereocenters. The number of rotatable bonds is 4. The molecule has 5 heterocycles. The molecule has 0 saturated carbocycles. The Labute approximate surface area is 160 Å². The first-order chi connectivity index (χ1) is 13.7. The predicted octanol–water partition coefficient (Wildman–Crippen LogP) is 2.02. The zero-order valence-corrected chi connectivity index (χ0v) is 15.4. The first kappa shape index (κ1) is 16.6. The molecule has 1 N–H and O–H groups in total. The smallest absolute Gasteiger partial charge is 0.266 e. The van der Waals surface area contributed by atoms with Gasteiger partial charge in [-0.2, -0.15) is 5.10 Å². The van der Waals surface area contributed by atoms with Crippen LogP contribution < -0.4 is 10.5 Å². The van der Waals surface area contributed by atoms with Crippen molar-refractivity contribution in [2.45, 2.75) is 13.5 Å². The number of aryl methyl sites for hydroxylation is 1. The van der Waals surface area contributed by atoms with Gasteiger partial charge >= 0.3 is 0 Å². The van der Waals surface area contributed by atoms with Crippen LogP contribution in [-0.4, -0.2) is 42.8 Å². The van der Waals surface area contributed by atoms with Crippen LogP contribution in [-0.2, 0) is 6.54 Å². The van der Waals surface area contributed by atoms with Crippen LogP contribution in [0.2, 0.25) is 0 Å². The minimum absolute atomic E-state index is 0.0827. The summed E-state index contributed by atoms with van der Waals surface area (Å²) >= 11 is 0. The number of pyridine rings is 1. The summed E-state index contributed by atoms with van der Waals surface area (Å²) in [5.41, 5.74) is 4.60. The molecule has 140 valence electrons. The fourth-order valence-electron chi connectivity index (χ4n) is 3.66. The minimum atomic E-state index is -0.0827. The van der Waals surface area contributed by atoms with E-state index in [0.29, 0.717) is 12.5 Å². The van der Waals surface area contributed by atoms with E-state index in [0.717, 1.165) is 46.9 Å². The van der Waals surface area contributed by atoms with Gasteiger partial charge in [-0.25, -0.2) is 14.6 Å². The standard InChI is InChI=1S/C20H19N7O/c1-13-8-17-19(24-13)20(23-12-22-17)26-9-14(10-26)11-27-18(28)3-2-16(25-27)15-4-6-21-7-5-15/h2-8,12,14,24H,9-11H2,1H3. The highest BCUT2D eigenvalue weighted by Gasteiger charge is 2.30. The maximum Gasteiger partial charge on any atom is 0.266 e. The van der Waals surface area contributed by atoms with Crippen molar-refractivity contribution in [1.82, 2.24) is 29.7 Å². The molecule has 0 radical (unpaired) electrons. The van der Waals surface area contributed by atoms with Crippen LogP contribution in [0.3, 0.4) is 0 Å². The highest BCUT2D eigenvalue weighted by molar-refractivity contribution is 5.87. The lowest BCUT2D eigenvalue weighted by atomic mass is 10.00. The number of aromatic nitrogens is 6. The Hall–Kier alpha value is -3.55. The molecule has 1 aliphatic heterocycles. The molecular formula is C20H19N7O. The number of hydrogen-bond donors (Lipinski definition) is 1. The molecule has 0 spiro atoms. The molecule has 5 rings (SSSR count). The van der Waals surface area contributed by atoms with Gasteiger partial charge in [0.25, 0.3) is 5.56 Å². The van der Waals surface area contributed by atoms with Crippen molar-refractivity contribution in [3.8, 4) is 11.3 Å². The van der Waals surface area contributed by atoms with Crippen molar-refractivity contribution in [2.75, 3.05) is 18.0 Å². The Morgan fingerprint density at radius 2 is 1.96 bits per heavy atom. The molecule has 0 atom stereocenters. The summed E-state index contributed by atoms with van der Waals surface area (Å²) in [5.74, 6) is 1.26. The van der Waals surface area contributed by atoms with E-state index in [9.17, 15) is 4.79 Å². The molecule has 8 heteroatoms. The van der Waals surface area contributed by atoms with Crippen LogP contribution in [0.4, 0.5) is 5.82 Å². The molecule has 28 heavy (non-hydrogen) atoms. The summed E-state index contributed by atoms with van der Waals surface area (Å²) in [4.78, 5) is 30.6. The van der Waals surface area contributed by atoms with E-state index in [1.165, 1.54) is 0 Å². The van der Waals surface area contributed by atoms with Gasteiger partial charge in [0, 0.05) is 48.7 Å². The Bertz CT molecular complexity index is 1190. The summed E-state index contributed by atoms with van der Waals surface area (Å²) in [5, 5.41) is 4.54. The molecule has 4 aromatic rings. The second kappa shape index (κ2) is 6.56. The topological polar surface area (TPSA) is 92.6 Å². The van der Waals surface area contributed by atoms with Gasteiger partial charge in [-0.05, 0) is 31.2 Å². The van der Waals surface area contributed by atoms with Crippen molar-refractivity contribution in [3.63, 3.8) is 0 Å². The average Bonchev–Trinajstić information content (AvgIpc) is 3.07. The zero-order chi connectivity index (χ0) is 19.1. The summed E-state index contributed by atoms with van der Waals surface area (Å²) in [6, 6.07) is 9.13. The van der Waals surface area contributed by atoms with Gasteiger partial charge < -0.3 is 9.88 Å². The molecule has 4 aromatic heterocycles. The first-order valence-electron chi connectivity index (χ1n) is 9.21. The quantitative estimate of drug-likeness (QED) is 0.588. The number of H-pyrrole nitrogens is 1. The molecule has 0 aliphatic carbocycles. The van der Waals surface area contributed by atoms with Gasteiger partial charge in [-0.3, -0.25) is 9.78 Å². The molecule has 0 amide bonds. The predicted molar refractivity (Wildman–Crippen MR) is 106 cm³/mol. The molecule has 8 nitrogen and oxygen atoms in total. The fraction of sp³-hybridized carbons (Fsp3) is 0.250. The Balaban J connectivity index is 1.33. The average molecular weight is 373 g/mol. The van der Waals surface area contributed by atoms with E-state index in [-0.39, 0.29) is 5.56 Å². The van der Waals surface area contributed by atoms with Crippen LogP contribution in [0.1, 0.15) is 5.69 Å². The minimum Gasteiger partial charge on any atom is -0.354 e. The molecule has 0 aromatic carbocycles. The van der Waals surface area contributed by atoms with Gasteiger partial charge in [-0.15, -0.1) is 0 Å². The van der Waals surface area contributed by atoms with Gasteiger partial charge in [0.05, 0.1) is 17.8 Å². The van der Waals surface area contributed by atoms with Crippen molar-refractivity contribution in [2.24, 2.45) is 5.92 Å². The van der Waals surface area contributed by atoms with Crippen molar-refractivity contribution >= 4 is 16.9 Å². The van der Waals surface area contributed by atoms with Gasteiger partial charge in [-0.1, -0.05) is 0 Å². The van der Waals surface area contributed by atoms with Crippen LogP contribution in [0.25, 0.3) is 22.3 Å². The maximum absolute atomic E-state index is 12.3. The normalized spacial score (nSPS) is 14.4. The summed E-state index contributed by atoms with van der Waals surface area (Å²) in [6.07, 6.45) is 5.05. The number of fused-ring (bicyclic) bond motifs is 1. The lowest BCUT2D eigenvalue weighted by molar-refractivity contribution is 0.334. The Morgan fingerprint density at radius 3 is 2.79 bits per heavy atom. The summed E-state index contributed by atoms with van der Waals surface area (Å²) in [7, 11) is 0. The third-order valence-corrected chi connectivity index (χ3v) is 5.06. The Morgan fingerprint density at radius 1 is 1.14 bits per heavy atom. The second-order valence-corrected chi connectivity index (χ2v) is 7.16. The van der Waals surface area contributed by atoms with Gasteiger partial charge in [0.15, 0.2) is 5.82 Å². The van der Waals surface area contributed by atoms with E-state index in [1.807, 2.05) is 25.1 Å². The van der Waals surface area contributed by atoms with Crippen LogP contribution >= 0.6 is 0 Å². The van der Waals surface area contributed by atoms with E-state index in [4.69, 9.17) is 0 Å². The molecule has 0 bridgehead atoms. The molecular weight excluding hydrogens is 354 g/mol. The van der Waals surface area contributed by atoms with E-state index in [2.05, 4.69) is 29.9 Å². The summed E-state index contributed by atoms with van der Waals surface area (Å²) < 4.78 is 1.56. The van der Waals surface area contributed by atoms with Crippen LogP contribution in [0, 0.1) is 12.8 Å². The van der Waals surface area contributed by atoms with E-state index >= 15 is 0 Å². The van der Waals surface area contributed by atoms with Crippen LogP contribution in [0.5, 0.6) is 0 Å². The largest absolute Gasteiger partial charge is 0.354 e. The maximum atomic E-state index is 12.3. The van der Waals surface area contributed by atoms with E-state index < -0.39 is 0 Å². The lowest BCUT2D eigenvalue weighted by Crippen LogP contribution is -2.50. The fourth-order valence-corrected chi connectivity index (χ4v) is 3.66. The number of aromatic amines is 1. The van der Waals surface area contributed by atoms with Crippen molar-refractivity contribution in [1.29, 1.82) is 0 Å². The van der Waals surface area contributed by atoms with Gasteiger partial charge in [0.1, 0.15) is 11.8 Å². The summed E-state index contributed by atoms with van der Waals surface area (Å²) in [6.45, 7) is 4.26. The van der Waals surface area contributed by atoms with Gasteiger partial charge in [0.2, 0.25) is 0 Å². The zero-order valence-electron chi connectivity index (χ0n) is 15.4. The Kier molecular flexibility index (Phi) is 3.89.